The predicted octanol–water partition coefficient (Wildman–Crippen LogP) is 4.79. The molecule has 0 saturated carbocycles. The molecule has 0 spiro atoms. The number of ether oxygens (including phenoxy) is 2. The van der Waals surface area contributed by atoms with Crippen LogP contribution in [0.1, 0.15) is 31.4 Å². The first kappa shape index (κ1) is 22.4. The van der Waals surface area contributed by atoms with Gasteiger partial charge in [-0.15, -0.1) is 0 Å². The van der Waals surface area contributed by atoms with E-state index in [1.165, 1.54) is 0 Å². The van der Waals surface area contributed by atoms with Crippen molar-refractivity contribution in [2.45, 2.75) is 32.7 Å². The molecule has 0 atom stereocenters. The van der Waals surface area contributed by atoms with Crippen LogP contribution in [0.5, 0.6) is 0 Å². The zero-order chi connectivity index (χ0) is 22.9. The maximum atomic E-state index is 13.2. The van der Waals surface area contributed by atoms with Gasteiger partial charge in [0.25, 0.3) is 5.91 Å². The van der Waals surface area contributed by atoms with E-state index in [1.54, 1.807) is 4.90 Å². The summed E-state index contributed by atoms with van der Waals surface area (Å²) < 4.78 is 11.2. The highest BCUT2D eigenvalue weighted by molar-refractivity contribution is 6.30. The summed E-state index contributed by atoms with van der Waals surface area (Å²) in [6, 6.07) is 13.5. The Kier molecular flexibility index (Phi) is 6.26. The van der Waals surface area contributed by atoms with Gasteiger partial charge in [-0.3, -0.25) is 4.79 Å². The quantitative estimate of drug-likeness (QED) is 0.723. The highest BCUT2D eigenvalue weighted by Gasteiger charge is 2.36. The molecule has 0 aromatic heterocycles. The lowest BCUT2D eigenvalue weighted by Crippen LogP contribution is -2.49. The van der Waals surface area contributed by atoms with Crippen LogP contribution in [0, 0.1) is 6.92 Å². The van der Waals surface area contributed by atoms with Crippen LogP contribution in [0.2, 0.25) is 5.02 Å². The predicted molar refractivity (Wildman–Crippen MR) is 124 cm³/mol. The van der Waals surface area contributed by atoms with E-state index < -0.39 is 11.6 Å². The Labute approximate surface area is 193 Å². The number of rotatable bonds is 3. The second-order valence-electron chi connectivity index (χ2n) is 8.82. The summed E-state index contributed by atoms with van der Waals surface area (Å²) in [5, 5.41) is 3.70. The van der Waals surface area contributed by atoms with Crippen LogP contribution in [-0.2, 0) is 14.3 Å². The van der Waals surface area contributed by atoms with Crippen LogP contribution < -0.4 is 5.32 Å². The van der Waals surface area contributed by atoms with Gasteiger partial charge in [-0.05, 0) is 61.2 Å². The number of hydrogen-bond donors (Lipinski definition) is 1. The lowest BCUT2D eigenvalue weighted by molar-refractivity contribution is -0.117. The first-order valence-corrected chi connectivity index (χ1v) is 11.1. The number of benzene rings is 2. The Morgan fingerprint density at radius 3 is 2.44 bits per heavy atom. The van der Waals surface area contributed by atoms with Gasteiger partial charge in [0.05, 0.1) is 18.8 Å². The standard InChI is InChI=1S/C25H27ClN2O4/c1-16-4-5-18(17-6-8-19(26)9-7-17)14-20(16)22-21(15-25(2,3)27-23(22)29)32-24(30)28-10-12-31-13-11-28/h4-9,14H,10-13,15H2,1-3H3,(H,27,29). The first-order chi connectivity index (χ1) is 15.2. The summed E-state index contributed by atoms with van der Waals surface area (Å²) in [6.45, 7) is 7.69. The molecule has 168 valence electrons. The number of carbonyl (C=O) groups is 2. The molecule has 32 heavy (non-hydrogen) atoms. The Bertz CT molecular complexity index is 1070. The molecule has 7 heteroatoms. The zero-order valence-corrected chi connectivity index (χ0v) is 19.3. The van der Waals surface area contributed by atoms with Crippen LogP contribution in [-0.4, -0.2) is 48.7 Å². The molecule has 0 aliphatic carbocycles. The van der Waals surface area contributed by atoms with Crippen molar-refractivity contribution in [3.63, 3.8) is 0 Å². The number of halogens is 1. The monoisotopic (exact) mass is 454 g/mol. The molecule has 2 heterocycles. The smallest absolute Gasteiger partial charge is 0.414 e. The molecule has 4 rings (SSSR count). The van der Waals surface area contributed by atoms with Gasteiger partial charge in [0.1, 0.15) is 5.76 Å². The molecule has 2 aliphatic rings. The first-order valence-electron chi connectivity index (χ1n) is 10.7. The lowest BCUT2D eigenvalue weighted by Gasteiger charge is -2.35. The number of hydrogen-bond acceptors (Lipinski definition) is 4. The second kappa shape index (κ2) is 8.96. The van der Waals surface area contributed by atoms with Crippen LogP contribution in [0.3, 0.4) is 0 Å². The molecule has 0 bridgehead atoms. The molecule has 2 aliphatic heterocycles. The largest absolute Gasteiger partial charge is 0.415 e. The SMILES string of the molecule is Cc1ccc(-c2ccc(Cl)cc2)cc1C1=C(OC(=O)N2CCOCC2)CC(C)(C)NC1=O. The van der Waals surface area contributed by atoms with E-state index in [9.17, 15) is 9.59 Å². The summed E-state index contributed by atoms with van der Waals surface area (Å²) in [7, 11) is 0. The molecule has 1 fully saturated rings. The van der Waals surface area contributed by atoms with Gasteiger partial charge < -0.3 is 19.7 Å². The lowest BCUT2D eigenvalue weighted by atomic mass is 9.86. The molecule has 6 nitrogen and oxygen atoms in total. The van der Waals surface area contributed by atoms with Gasteiger partial charge in [-0.1, -0.05) is 35.9 Å². The van der Waals surface area contributed by atoms with Crippen LogP contribution >= 0.6 is 11.6 Å². The minimum absolute atomic E-state index is 0.248. The van der Waals surface area contributed by atoms with Crippen molar-refractivity contribution >= 4 is 29.2 Å². The second-order valence-corrected chi connectivity index (χ2v) is 9.25. The van der Waals surface area contributed by atoms with Crippen LogP contribution in [0.4, 0.5) is 4.79 Å². The van der Waals surface area contributed by atoms with E-state index >= 15 is 0 Å². The molecule has 2 aromatic carbocycles. The van der Waals surface area contributed by atoms with Crippen molar-refractivity contribution in [1.82, 2.24) is 10.2 Å². The fourth-order valence-electron chi connectivity index (χ4n) is 4.02. The van der Waals surface area contributed by atoms with Crippen LogP contribution in [0.15, 0.2) is 48.2 Å². The highest BCUT2D eigenvalue weighted by atomic mass is 35.5. The van der Waals surface area contributed by atoms with Crippen molar-refractivity contribution in [2.24, 2.45) is 0 Å². The van der Waals surface area contributed by atoms with Crippen molar-refractivity contribution < 1.29 is 19.1 Å². The van der Waals surface area contributed by atoms with E-state index in [0.717, 1.165) is 22.3 Å². The van der Waals surface area contributed by atoms with E-state index in [1.807, 2.05) is 63.2 Å². The average molecular weight is 455 g/mol. The van der Waals surface area contributed by atoms with Gasteiger partial charge >= 0.3 is 6.09 Å². The third-order valence-electron chi connectivity index (χ3n) is 5.72. The van der Waals surface area contributed by atoms with Crippen molar-refractivity contribution in [3.8, 4) is 11.1 Å². The van der Waals surface area contributed by atoms with E-state index in [0.29, 0.717) is 49.1 Å². The highest BCUT2D eigenvalue weighted by Crippen LogP contribution is 2.35. The van der Waals surface area contributed by atoms with Crippen molar-refractivity contribution in [2.75, 3.05) is 26.3 Å². The Hall–Kier alpha value is -2.83. The molecule has 0 unspecified atom stereocenters. The molecule has 2 aromatic rings. The summed E-state index contributed by atoms with van der Waals surface area (Å²) in [5.41, 5.74) is 3.48. The normalized spacial score (nSPS) is 18.4. The minimum Gasteiger partial charge on any atom is -0.414 e. The van der Waals surface area contributed by atoms with E-state index in [4.69, 9.17) is 21.1 Å². The Morgan fingerprint density at radius 2 is 1.75 bits per heavy atom. The number of amides is 2. The third kappa shape index (κ3) is 4.81. The number of aryl methyl sites for hydroxylation is 1. The van der Waals surface area contributed by atoms with Gasteiger partial charge in [0.2, 0.25) is 0 Å². The van der Waals surface area contributed by atoms with E-state index in [-0.39, 0.29) is 5.91 Å². The van der Waals surface area contributed by atoms with Gasteiger partial charge in [-0.2, -0.15) is 0 Å². The van der Waals surface area contributed by atoms with Gasteiger partial charge in [0, 0.05) is 30.1 Å². The molecule has 2 amide bonds. The minimum atomic E-state index is -0.525. The van der Waals surface area contributed by atoms with Crippen LogP contribution in [0.25, 0.3) is 16.7 Å². The summed E-state index contributed by atoms with van der Waals surface area (Å²) >= 11 is 6.03. The van der Waals surface area contributed by atoms with Gasteiger partial charge in [0.15, 0.2) is 0 Å². The molecular formula is C25H27ClN2O4. The van der Waals surface area contributed by atoms with Crippen molar-refractivity contribution in [3.05, 3.63) is 64.4 Å². The maximum absolute atomic E-state index is 13.2. The molecular weight excluding hydrogens is 428 g/mol. The molecule has 1 saturated heterocycles. The Balaban J connectivity index is 1.76. The number of nitrogens with zero attached hydrogens (tertiary/aromatic N) is 1. The molecule has 0 radical (unpaired) electrons. The van der Waals surface area contributed by atoms with E-state index in [2.05, 4.69) is 5.32 Å². The fraction of sp³-hybridized carbons (Fsp3) is 0.360. The Morgan fingerprint density at radius 1 is 1.09 bits per heavy atom. The topological polar surface area (TPSA) is 67.9 Å². The summed E-state index contributed by atoms with van der Waals surface area (Å²) in [5.74, 6) is 0.147. The average Bonchev–Trinajstić information content (AvgIpc) is 2.75. The summed E-state index contributed by atoms with van der Waals surface area (Å²) in [4.78, 5) is 27.7. The number of morpholine rings is 1. The zero-order valence-electron chi connectivity index (χ0n) is 18.5. The maximum Gasteiger partial charge on any atom is 0.415 e. The summed E-state index contributed by atoms with van der Waals surface area (Å²) in [6.07, 6.45) is -0.0350. The van der Waals surface area contributed by atoms with Gasteiger partial charge in [-0.25, -0.2) is 4.79 Å². The molecule has 1 N–H and O–H groups in total. The number of carbonyl (C=O) groups excluding carboxylic acids is 2. The fourth-order valence-corrected chi connectivity index (χ4v) is 4.15. The van der Waals surface area contributed by atoms with Crippen molar-refractivity contribution in [1.29, 1.82) is 0 Å². The third-order valence-corrected chi connectivity index (χ3v) is 5.98. The number of nitrogens with one attached hydrogen (secondary N) is 1.